The van der Waals surface area contributed by atoms with Crippen molar-refractivity contribution in [2.45, 2.75) is 13.0 Å². The van der Waals surface area contributed by atoms with Gasteiger partial charge in [-0.05, 0) is 31.0 Å². The van der Waals surface area contributed by atoms with Crippen molar-refractivity contribution in [1.82, 2.24) is 10.2 Å². The maximum Gasteiger partial charge on any atom is 0.0931 e. The van der Waals surface area contributed by atoms with E-state index in [0.717, 1.165) is 30.6 Å². The van der Waals surface area contributed by atoms with E-state index in [4.69, 9.17) is 16.3 Å². The van der Waals surface area contributed by atoms with Gasteiger partial charge in [-0.2, -0.15) is 0 Å². The van der Waals surface area contributed by atoms with E-state index >= 15 is 0 Å². The standard InChI is InChI=1S/C12H21ClN2OS/c1-10(11-8-12(13)17-9-11)14-4-5-15(2)6-7-16-3/h8-10,14H,4-7H2,1-3H3. The Hall–Kier alpha value is -0.130. The molecule has 0 aliphatic heterocycles. The van der Waals surface area contributed by atoms with E-state index < -0.39 is 0 Å². The van der Waals surface area contributed by atoms with Crippen LogP contribution in [0.1, 0.15) is 18.5 Å². The molecule has 1 heterocycles. The Morgan fingerprint density at radius 1 is 1.53 bits per heavy atom. The molecule has 0 aromatic carbocycles. The minimum Gasteiger partial charge on any atom is -0.383 e. The third-order valence-electron chi connectivity index (χ3n) is 2.71. The van der Waals surface area contributed by atoms with E-state index in [1.807, 2.05) is 6.07 Å². The number of halogens is 1. The summed E-state index contributed by atoms with van der Waals surface area (Å²) in [6.07, 6.45) is 0. The van der Waals surface area contributed by atoms with Gasteiger partial charge in [0.15, 0.2) is 0 Å². The van der Waals surface area contributed by atoms with Crippen LogP contribution in [0.25, 0.3) is 0 Å². The van der Waals surface area contributed by atoms with Crippen molar-refractivity contribution >= 4 is 22.9 Å². The van der Waals surface area contributed by atoms with Gasteiger partial charge in [-0.15, -0.1) is 11.3 Å². The van der Waals surface area contributed by atoms with Crippen LogP contribution in [0.2, 0.25) is 4.34 Å². The molecule has 0 bridgehead atoms. The number of ether oxygens (including phenoxy) is 1. The van der Waals surface area contributed by atoms with Gasteiger partial charge in [0.25, 0.3) is 0 Å². The van der Waals surface area contributed by atoms with E-state index in [1.54, 1.807) is 18.4 Å². The fraction of sp³-hybridized carbons (Fsp3) is 0.667. The number of hydrogen-bond acceptors (Lipinski definition) is 4. The smallest absolute Gasteiger partial charge is 0.0931 e. The average molecular weight is 277 g/mol. The Labute approximate surface area is 113 Å². The number of hydrogen-bond donors (Lipinski definition) is 1. The number of rotatable bonds is 8. The Morgan fingerprint density at radius 2 is 2.29 bits per heavy atom. The highest BCUT2D eigenvalue weighted by Crippen LogP contribution is 2.24. The minimum atomic E-state index is 0.356. The molecule has 5 heteroatoms. The Morgan fingerprint density at radius 3 is 2.88 bits per heavy atom. The molecule has 1 rings (SSSR count). The first-order valence-corrected chi connectivity index (χ1v) is 7.04. The molecule has 0 radical (unpaired) electrons. The molecule has 1 atom stereocenters. The minimum absolute atomic E-state index is 0.356. The van der Waals surface area contributed by atoms with Crippen LogP contribution in [0, 0.1) is 0 Å². The second-order valence-corrected chi connectivity index (χ2v) is 5.70. The summed E-state index contributed by atoms with van der Waals surface area (Å²) in [7, 11) is 3.83. The van der Waals surface area contributed by atoms with Gasteiger partial charge < -0.3 is 15.0 Å². The van der Waals surface area contributed by atoms with Gasteiger partial charge >= 0.3 is 0 Å². The van der Waals surface area contributed by atoms with E-state index in [1.165, 1.54) is 5.56 Å². The van der Waals surface area contributed by atoms with Crippen molar-refractivity contribution < 1.29 is 4.74 Å². The molecule has 98 valence electrons. The number of nitrogens with one attached hydrogen (secondary N) is 1. The molecule has 0 saturated heterocycles. The average Bonchev–Trinajstić information content (AvgIpc) is 2.73. The number of methoxy groups -OCH3 is 1. The highest BCUT2D eigenvalue weighted by Gasteiger charge is 2.07. The largest absolute Gasteiger partial charge is 0.383 e. The van der Waals surface area contributed by atoms with Crippen molar-refractivity contribution in [3.8, 4) is 0 Å². The molecule has 0 aliphatic carbocycles. The van der Waals surface area contributed by atoms with Gasteiger partial charge in [0.2, 0.25) is 0 Å². The maximum atomic E-state index is 5.91. The predicted octanol–water partition coefficient (Wildman–Crippen LogP) is 2.63. The summed E-state index contributed by atoms with van der Waals surface area (Å²) in [5, 5.41) is 5.59. The zero-order chi connectivity index (χ0) is 12.7. The molecular weight excluding hydrogens is 256 g/mol. The van der Waals surface area contributed by atoms with E-state index in [0.29, 0.717) is 6.04 Å². The van der Waals surface area contributed by atoms with Crippen LogP contribution in [0.5, 0.6) is 0 Å². The van der Waals surface area contributed by atoms with Gasteiger partial charge in [0.1, 0.15) is 0 Å². The third-order valence-corrected chi connectivity index (χ3v) is 3.82. The summed E-state index contributed by atoms with van der Waals surface area (Å²) in [5.74, 6) is 0. The van der Waals surface area contributed by atoms with Crippen molar-refractivity contribution in [3.63, 3.8) is 0 Å². The molecular formula is C12H21ClN2OS. The van der Waals surface area contributed by atoms with Gasteiger partial charge in [-0.25, -0.2) is 0 Å². The number of likely N-dealkylation sites (N-methyl/N-ethyl adjacent to an activating group) is 1. The molecule has 0 saturated carbocycles. The Balaban J connectivity index is 2.18. The summed E-state index contributed by atoms with van der Waals surface area (Å²) in [6, 6.07) is 2.38. The summed E-state index contributed by atoms with van der Waals surface area (Å²) < 4.78 is 5.89. The molecule has 1 unspecified atom stereocenters. The van der Waals surface area contributed by atoms with Gasteiger partial charge in [-0.1, -0.05) is 11.6 Å². The number of thiophene rings is 1. The summed E-state index contributed by atoms with van der Waals surface area (Å²) in [4.78, 5) is 2.25. The summed E-state index contributed by atoms with van der Waals surface area (Å²) in [5.41, 5.74) is 1.26. The van der Waals surface area contributed by atoms with Crippen molar-refractivity contribution in [2.24, 2.45) is 0 Å². The lowest BCUT2D eigenvalue weighted by molar-refractivity contribution is 0.161. The van der Waals surface area contributed by atoms with Crippen LogP contribution in [-0.2, 0) is 4.74 Å². The summed E-state index contributed by atoms with van der Waals surface area (Å²) in [6.45, 7) is 5.90. The van der Waals surface area contributed by atoms with Crippen LogP contribution in [0.4, 0.5) is 0 Å². The second-order valence-electron chi connectivity index (χ2n) is 4.16. The van der Waals surface area contributed by atoms with E-state index in [9.17, 15) is 0 Å². The Kier molecular flexibility index (Phi) is 7.08. The molecule has 3 nitrogen and oxygen atoms in total. The van der Waals surface area contributed by atoms with Crippen molar-refractivity contribution in [3.05, 3.63) is 21.3 Å². The second kappa shape index (κ2) is 8.06. The van der Waals surface area contributed by atoms with Crippen LogP contribution >= 0.6 is 22.9 Å². The number of nitrogens with zero attached hydrogens (tertiary/aromatic N) is 1. The first-order chi connectivity index (χ1) is 8.13. The monoisotopic (exact) mass is 276 g/mol. The molecule has 17 heavy (non-hydrogen) atoms. The lowest BCUT2D eigenvalue weighted by Crippen LogP contribution is -2.32. The molecule has 1 aromatic rings. The fourth-order valence-electron chi connectivity index (χ4n) is 1.50. The SMILES string of the molecule is COCCN(C)CCNC(C)c1csc(Cl)c1. The van der Waals surface area contributed by atoms with Crippen molar-refractivity contribution in [1.29, 1.82) is 0 Å². The van der Waals surface area contributed by atoms with Crippen LogP contribution in [0.3, 0.4) is 0 Å². The van der Waals surface area contributed by atoms with Gasteiger partial charge in [0.05, 0.1) is 10.9 Å². The lowest BCUT2D eigenvalue weighted by atomic mass is 10.2. The summed E-state index contributed by atoms with van der Waals surface area (Å²) >= 11 is 7.50. The van der Waals surface area contributed by atoms with E-state index in [2.05, 4.69) is 29.6 Å². The zero-order valence-electron chi connectivity index (χ0n) is 10.7. The molecule has 1 aromatic heterocycles. The van der Waals surface area contributed by atoms with Gasteiger partial charge in [-0.3, -0.25) is 0 Å². The van der Waals surface area contributed by atoms with Crippen LogP contribution < -0.4 is 5.32 Å². The maximum absolute atomic E-state index is 5.91. The molecule has 0 fully saturated rings. The van der Waals surface area contributed by atoms with Crippen LogP contribution in [-0.4, -0.2) is 45.3 Å². The quantitative estimate of drug-likeness (QED) is 0.790. The molecule has 0 aliphatic rings. The molecule has 0 spiro atoms. The lowest BCUT2D eigenvalue weighted by Gasteiger charge is -2.18. The third kappa shape index (κ3) is 5.84. The fourth-order valence-corrected chi connectivity index (χ4v) is 2.48. The highest BCUT2D eigenvalue weighted by molar-refractivity contribution is 7.14. The molecule has 0 amide bonds. The topological polar surface area (TPSA) is 24.5 Å². The zero-order valence-corrected chi connectivity index (χ0v) is 12.3. The molecule has 1 N–H and O–H groups in total. The highest BCUT2D eigenvalue weighted by atomic mass is 35.5. The predicted molar refractivity (Wildman–Crippen MR) is 75.1 cm³/mol. The van der Waals surface area contributed by atoms with E-state index in [-0.39, 0.29) is 0 Å². The van der Waals surface area contributed by atoms with Gasteiger partial charge in [0, 0.05) is 32.8 Å². The van der Waals surface area contributed by atoms with Crippen LogP contribution in [0.15, 0.2) is 11.4 Å². The first kappa shape index (κ1) is 14.9. The normalized spacial score (nSPS) is 13.2. The Bertz CT molecular complexity index is 319. The first-order valence-electron chi connectivity index (χ1n) is 5.78. The van der Waals surface area contributed by atoms with Crippen molar-refractivity contribution in [2.75, 3.05) is 40.4 Å².